The number of hydrogen-bond acceptors (Lipinski definition) is 3. The molecule has 2 fully saturated rings. The third-order valence-electron chi connectivity index (χ3n) is 7.34. The molecule has 0 bridgehead atoms. The predicted octanol–water partition coefficient (Wildman–Crippen LogP) is 5.86. The van der Waals surface area contributed by atoms with Crippen LogP contribution >= 0.6 is 0 Å². The van der Waals surface area contributed by atoms with Gasteiger partial charge in [0, 0.05) is 19.5 Å². The second kappa shape index (κ2) is 8.53. The smallest absolute Gasteiger partial charge is 0.291 e. The van der Waals surface area contributed by atoms with Crippen molar-refractivity contribution in [2.75, 3.05) is 6.54 Å². The summed E-state index contributed by atoms with van der Waals surface area (Å²) in [7, 11) is 0. The standard InChI is InChI=1S/C31H31NO3/c1-21(2)28-30(20-32(29(34)27(30)33)18-24-8-6-5-7-9-24)19-31(35-28,25-14-10-22(3)11-15-25)26-16-12-23(4)13-17-26/h5-17H,18-20H2,1-4H3/t30-/m0/s1. The molecule has 2 saturated heterocycles. The number of likely N-dealkylation sites (tertiary alicyclic amines) is 1. The lowest BCUT2D eigenvalue weighted by molar-refractivity contribution is -0.142. The van der Waals surface area contributed by atoms with E-state index < -0.39 is 16.9 Å². The Hall–Kier alpha value is -3.66. The Morgan fingerprint density at radius 3 is 1.89 bits per heavy atom. The van der Waals surface area contributed by atoms with Crippen molar-refractivity contribution in [2.24, 2.45) is 5.41 Å². The highest BCUT2D eigenvalue weighted by molar-refractivity contribution is 6.41. The average molecular weight is 466 g/mol. The molecule has 0 unspecified atom stereocenters. The summed E-state index contributed by atoms with van der Waals surface area (Å²) in [6.07, 6.45) is 0.391. The third-order valence-corrected chi connectivity index (χ3v) is 7.34. The number of Topliss-reactive ketones (excluding diaryl/α,β-unsaturated/α-hetero) is 1. The van der Waals surface area contributed by atoms with Gasteiger partial charge in [0.05, 0.1) is 0 Å². The van der Waals surface area contributed by atoms with E-state index in [9.17, 15) is 9.59 Å². The quantitative estimate of drug-likeness (QED) is 0.454. The molecular formula is C31H31NO3. The van der Waals surface area contributed by atoms with Gasteiger partial charge in [-0.1, -0.05) is 90.0 Å². The van der Waals surface area contributed by atoms with Gasteiger partial charge in [0.25, 0.3) is 5.91 Å². The maximum Gasteiger partial charge on any atom is 0.291 e. The van der Waals surface area contributed by atoms with E-state index in [4.69, 9.17) is 4.74 Å². The van der Waals surface area contributed by atoms with Gasteiger partial charge in [-0.3, -0.25) is 9.59 Å². The van der Waals surface area contributed by atoms with Gasteiger partial charge in [0.2, 0.25) is 5.78 Å². The summed E-state index contributed by atoms with van der Waals surface area (Å²) in [6.45, 7) is 8.78. The number of nitrogens with zero attached hydrogens (tertiary/aromatic N) is 1. The molecule has 0 aliphatic carbocycles. The summed E-state index contributed by atoms with van der Waals surface area (Å²) < 4.78 is 6.90. The topological polar surface area (TPSA) is 46.6 Å². The van der Waals surface area contributed by atoms with E-state index in [0.717, 1.165) is 33.4 Å². The van der Waals surface area contributed by atoms with Crippen molar-refractivity contribution in [2.45, 2.75) is 46.3 Å². The first-order valence-corrected chi connectivity index (χ1v) is 12.1. The van der Waals surface area contributed by atoms with Gasteiger partial charge < -0.3 is 9.64 Å². The fraction of sp³-hybridized carbons (Fsp3) is 0.290. The summed E-state index contributed by atoms with van der Waals surface area (Å²) in [4.78, 5) is 28.8. The molecule has 2 aliphatic heterocycles. The first kappa shape index (κ1) is 23.1. The molecule has 4 nitrogen and oxygen atoms in total. The number of carbonyl (C=O) groups is 2. The molecule has 3 aromatic rings. The van der Waals surface area contributed by atoms with Gasteiger partial charge >= 0.3 is 0 Å². The van der Waals surface area contributed by atoms with Crippen molar-refractivity contribution < 1.29 is 14.3 Å². The van der Waals surface area contributed by atoms with E-state index in [1.165, 1.54) is 0 Å². The second-order valence-corrected chi connectivity index (χ2v) is 10.2. The average Bonchev–Trinajstić information content (AvgIpc) is 3.32. The van der Waals surface area contributed by atoms with Crippen LogP contribution in [-0.4, -0.2) is 23.1 Å². The Bertz CT molecular complexity index is 1260. The van der Waals surface area contributed by atoms with Crippen molar-refractivity contribution in [1.29, 1.82) is 0 Å². The molecule has 3 aromatic carbocycles. The highest BCUT2D eigenvalue weighted by Crippen LogP contribution is 2.58. The van der Waals surface area contributed by atoms with Crippen LogP contribution in [-0.2, 0) is 26.5 Å². The lowest BCUT2D eigenvalue weighted by Crippen LogP contribution is -2.34. The predicted molar refractivity (Wildman–Crippen MR) is 137 cm³/mol. The highest BCUT2D eigenvalue weighted by Gasteiger charge is 2.65. The molecule has 0 N–H and O–H groups in total. The van der Waals surface area contributed by atoms with Crippen LogP contribution in [0.3, 0.4) is 0 Å². The SMILES string of the molecule is CC(C)=C1OC(c2ccc(C)cc2)(c2ccc(C)cc2)C[C@@]12CN(Cc1ccccc1)C(=O)C2=O. The Kier molecular flexibility index (Phi) is 5.63. The number of carbonyl (C=O) groups excluding carboxylic acids is 2. The zero-order valence-corrected chi connectivity index (χ0v) is 20.8. The van der Waals surface area contributed by atoms with Crippen LogP contribution in [0.4, 0.5) is 0 Å². The van der Waals surface area contributed by atoms with E-state index in [1.807, 2.05) is 44.2 Å². The molecule has 2 heterocycles. The van der Waals surface area contributed by atoms with E-state index in [-0.39, 0.29) is 5.78 Å². The molecule has 35 heavy (non-hydrogen) atoms. The number of amides is 1. The molecule has 5 rings (SSSR count). The summed E-state index contributed by atoms with van der Waals surface area (Å²) in [6, 6.07) is 26.5. The lowest BCUT2D eigenvalue weighted by Gasteiger charge is -2.30. The summed E-state index contributed by atoms with van der Waals surface area (Å²) in [5, 5.41) is 0. The fourth-order valence-electron chi connectivity index (χ4n) is 5.59. The minimum Gasteiger partial charge on any atom is -0.481 e. The summed E-state index contributed by atoms with van der Waals surface area (Å²) >= 11 is 0. The number of ketones is 1. The number of hydrogen-bond donors (Lipinski definition) is 0. The van der Waals surface area contributed by atoms with E-state index >= 15 is 0 Å². The van der Waals surface area contributed by atoms with Crippen molar-refractivity contribution in [3.8, 4) is 0 Å². The first-order chi connectivity index (χ1) is 16.7. The first-order valence-electron chi connectivity index (χ1n) is 12.1. The maximum atomic E-state index is 13.8. The van der Waals surface area contributed by atoms with Crippen LogP contribution in [0.25, 0.3) is 0 Å². The Morgan fingerprint density at radius 1 is 0.829 bits per heavy atom. The number of benzene rings is 3. The van der Waals surface area contributed by atoms with Crippen molar-refractivity contribution in [3.05, 3.63) is 118 Å². The van der Waals surface area contributed by atoms with Crippen LogP contribution < -0.4 is 0 Å². The minimum absolute atomic E-state index is 0.319. The van der Waals surface area contributed by atoms with Crippen LogP contribution in [0.2, 0.25) is 0 Å². The van der Waals surface area contributed by atoms with Gasteiger partial charge in [-0.05, 0) is 50.0 Å². The molecule has 1 spiro atoms. The Labute approximate surface area is 207 Å². The summed E-state index contributed by atoms with van der Waals surface area (Å²) in [5.74, 6) is -0.168. The normalized spacial score (nSPS) is 21.0. The molecule has 0 radical (unpaired) electrons. The monoisotopic (exact) mass is 465 g/mol. The lowest BCUT2D eigenvalue weighted by atomic mass is 9.72. The van der Waals surface area contributed by atoms with Crippen molar-refractivity contribution in [1.82, 2.24) is 4.90 Å². The molecular weight excluding hydrogens is 434 g/mol. The van der Waals surface area contributed by atoms with E-state index in [1.54, 1.807) is 4.90 Å². The molecule has 2 aliphatic rings. The second-order valence-electron chi connectivity index (χ2n) is 10.2. The molecule has 0 aromatic heterocycles. The molecule has 0 saturated carbocycles. The van der Waals surface area contributed by atoms with Crippen LogP contribution in [0.1, 0.15) is 48.1 Å². The zero-order chi connectivity index (χ0) is 24.8. The maximum absolute atomic E-state index is 13.8. The minimum atomic E-state index is -1.01. The van der Waals surface area contributed by atoms with E-state index in [2.05, 4.69) is 62.4 Å². The number of ether oxygens (including phenoxy) is 1. The molecule has 1 amide bonds. The van der Waals surface area contributed by atoms with Crippen LogP contribution in [0.5, 0.6) is 0 Å². The van der Waals surface area contributed by atoms with Gasteiger partial charge in [-0.15, -0.1) is 0 Å². The molecule has 178 valence electrons. The molecule has 1 atom stereocenters. The van der Waals surface area contributed by atoms with Crippen LogP contribution in [0.15, 0.2) is 90.2 Å². The number of aryl methyl sites for hydroxylation is 2. The highest BCUT2D eigenvalue weighted by atomic mass is 16.5. The molecule has 4 heteroatoms. The fourth-order valence-corrected chi connectivity index (χ4v) is 5.59. The van der Waals surface area contributed by atoms with Gasteiger partial charge in [-0.2, -0.15) is 0 Å². The van der Waals surface area contributed by atoms with Crippen molar-refractivity contribution >= 4 is 11.7 Å². The van der Waals surface area contributed by atoms with Crippen LogP contribution in [0, 0.1) is 19.3 Å². The Morgan fingerprint density at radius 2 is 1.37 bits per heavy atom. The Balaban J connectivity index is 1.64. The van der Waals surface area contributed by atoms with Gasteiger partial charge in [-0.25, -0.2) is 0 Å². The largest absolute Gasteiger partial charge is 0.481 e. The van der Waals surface area contributed by atoms with Gasteiger partial charge in [0.1, 0.15) is 11.2 Å². The number of allylic oxidation sites excluding steroid dienone is 1. The van der Waals surface area contributed by atoms with E-state index in [0.29, 0.717) is 25.3 Å². The number of rotatable bonds is 4. The van der Waals surface area contributed by atoms with Gasteiger partial charge in [0.15, 0.2) is 5.60 Å². The van der Waals surface area contributed by atoms with Crippen molar-refractivity contribution in [3.63, 3.8) is 0 Å². The summed E-state index contributed by atoms with van der Waals surface area (Å²) in [5.41, 5.74) is 4.36. The zero-order valence-electron chi connectivity index (χ0n) is 20.8. The third kappa shape index (κ3) is 3.78.